The molecule has 0 bridgehead atoms. The van der Waals surface area contributed by atoms with Gasteiger partial charge in [-0.3, -0.25) is 0 Å². The molecule has 3 N–H and O–H groups in total. The number of halogens is 2. The fourth-order valence-electron chi connectivity index (χ4n) is 1.26. The number of nitrogens with two attached hydrogens (primary N) is 1. The van der Waals surface area contributed by atoms with Crippen LogP contribution in [0.3, 0.4) is 0 Å². The number of rotatable bonds is 3. The average Bonchev–Trinajstić information content (AvgIpc) is 2.02. The summed E-state index contributed by atoms with van der Waals surface area (Å²) in [6, 6.07) is 5.19. The zero-order chi connectivity index (χ0) is 10.8. The predicted octanol–water partition coefficient (Wildman–Crippen LogP) is 2.55. The Labute approximate surface area is 93.6 Å². The zero-order valence-electron chi connectivity index (χ0n) is 7.93. The van der Waals surface area contributed by atoms with E-state index in [-0.39, 0.29) is 6.61 Å². The van der Waals surface area contributed by atoms with Crippen LogP contribution in [0.25, 0.3) is 0 Å². The van der Waals surface area contributed by atoms with Crippen LogP contribution in [-0.4, -0.2) is 11.7 Å². The van der Waals surface area contributed by atoms with Crippen molar-refractivity contribution in [3.63, 3.8) is 0 Å². The maximum Gasteiger partial charge on any atom is 0.0451 e. The first-order chi connectivity index (χ1) is 6.45. The molecule has 1 aromatic carbocycles. The first-order valence-corrected chi connectivity index (χ1v) is 5.07. The molecule has 14 heavy (non-hydrogen) atoms. The van der Waals surface area contributed by atoms with Gasteiger partial charge in [0.1, 0.15) is 0 Å². The molecule has 0 saturated carbocycles. The second-order valence-corrected chi connectivity index (χ2v) is 4.42. The lowest BCUT2D eigenvalue weighted by Gasteiger charge is -2.24. The normalized spacial score (nSPS) is 15.2. The Hall–Kier alpha value is -0.280. The number of hydrogen-bond donors (Lipinski definition) is 2. The Morgan fingerprint density at radius 2 is 1.79 bits per heavy atom. The van der Waals surface area contributed by atoms with Crippen LogP contribution in [0.15, 0.2) is 18.2 Å². The smallest absolute Gasteiger partial charge is 0.0451 e. The quantitative estimate of drug-likeness (QED) is 0.844. The molecule has 0 heterocycles. The van der Waals surface area contributed by atoms with E-state index in [0.717, 1.165) is 5.56 Å². The highest BCUT2D eigenvalue weighted by molar-refractivity contribution is 6.34. The van der Waals surface area contributed by atoms with Gasteiger partial charge in [-0.25, -0.2) is 0 Å². The lowest BCUT2D eigenvalue weighted by atomic mass is 9.90. The van der Waals surface area contributed by atoms with E-state index in [1.165, 1.54) is 0 Å². The van der Waals surface area contributed by atoms with Crippen molar-refractivity contribution in [3.05, 3.63) is 33.8 Å². The summed E-state index contributed by atoms with van der Waals surface area (Å²) >= 11 is 11.7. The van der Waals surface area contributed by atoms with Crippen molar-refractivity contribution >= 4 is 23.2 Å². The topological polar surface area (TPSA) is 46.2 Å². The Morgan fingerprint density at radius 1 is 1.29 bits per heavy atom. The van der Waals surface area contributed by atoms with Gasteiger partial charge >= 0.3 is 0 Å². The molecule has 0 aliphatic carbocycles. The van der Waals surface area contributed by atoms with Crippen molar-refractivity contribution in [1.29, 1.82) is 0 Å². The third-order valence-corrected chi connectivity index (χ3v) is 2.59. The summed E-state index contributed by atoms with van der Waals surface area (Å²) in [5.41, 5.74) is 6.25. The Morgan fingerprint density at radius 3 is 2.21 bits per heavy atom. The second-order valence-electron chi connectivity index (χ2n) is 3.55. The number of benzene rings is 1. The van der Waals surface area contributed by atoms with Crippen molar-refractivity contribution in [1.82, 2.24) is 0 Å². The fourth-order valence-corrected chi connectivity index (χ4v) is 1.79. The Bertz CT molecular complexity index is 306. The average molecular weight is 234 g/mol. The minimum absolute atomic E-state index is 0.0388. The van der Waals surface area contributed by atoms with Crippen LogP contribution in [0.4, 0.5) is 0 Å². The molecule has 1 rings (SSSR count). The molecule has 0 spiro atoms. The standard InChI is InChI=1S/C10H13Cl2NO/c1-10(13,2-3-14)7-4-8(11)6-9(12)5-7/h4-6,14H,2-3,13H2,1H3/t10-/m1/s1. The van der Waals surface area contributed by atoms with Gasteiger partial charge in [0.25, 0.3) is 0 Å². The zero-order valence-corrected chi connectivity index (χ0v) is 9.44. The van der Waals surface area contributed by atoms with E-state index in [1.54, 1.807) is 18.2 Å². The molecule has 1 atom stereocenters. The van der Waals surface area contributed by atoms with Crippen molar-refractivity contribution in [2.45, 2.75) is 18.9 Å². The lowest BCUT2D eigenvalue weighted by molar-refractivity contribution is 0.247. The first-order valence-electron chi connectivity index (χ1n) is 4.32. The molecule has 0 unspecified atom stereocenters. The summed E-state index contributed by atoms with van der Waals surface area (Å²) in [5, 5.41) is 9.97. The molecule has 0 aromatic heterocycles. The van der Waals surface area contributed by atoms with Crippen molar-refractivity contribution in [2.24, 2.45) is 5.73 Å². The monoisotopic (exact) mass is 233 g/mol. The van der Waals surface area contributed by atoms with Gasteiger partial charge in [0, 0.05) is 22.2 Å². The molecule has 0 fully saturated rings. The molecule has 0 aliphatic rings. The van der Waals surface area contributed by atoms with Crippen molar-refractivity contribution < 1.29 is 5.11 Å². The molecule has 4 heteroatoms. The molecule has 0 saturated heterocycles. The lowest BCUT2D eigenvalue weighted by Crippen LogP contribution is -2.34. The third kappa shape index (κ3) is 2.85. The summed E-state index contributed by atoms with van der Waals surface area (Å²) in [6.07, 6.45) is 0.476. The minimum atomic E-state index is -0.594. The minimum Gasteiger partial charge on any atom is -0.396 e. The van der Waals surface area contributed by atoms with Gasteiger partial charge in [-0.05, 0) is 37.1 Å². The van der Waals surface area contributed by atoms with E-state index < -0.39 is 5.54 Å². The molecule has 2 nitrogen and oxygen atoms in total. The molecule has 78 valence electrons. The van der Waals surface area contributed by atoms with Crippen LogP contribution in [0.5, 0.6) is 0 Å². The fraction of sp³-hybridized carbons (Fsp3) is 0.400. The van der Waals surface area contributed by atoms with E-state index >= 15 is 0 Å². The molecule has 0 radical (unpaired) electrons. The third-order valence-electron chi connectivity index (χ3n) is 2.15. The van der Waals surface area contributed by atoms with Crippen LogP contribution in [0.1, 0.15) is 18.9 Å². The van der Waals surface area contributed by atoms with Gasteiger partial charge in [0.15, 0.2) is 0 Å². The maximum atomic E-state index is 8.86. The summed E-state index contributed by atoms with van der Waals surface area (Å²) < 4.78 is 0. The predicted molar refractivity (Wildman–Crippen MR) is 59.7 cm³/mol. The number of aliphatic hydroxyl groups excluding tert-OH is 1. The van der Waals surface area contributed by atoms with Gasteiger partial charge in [0.05, 0.1) is 0 Å². The first kappa shape index (κ1) is 11.8. The highest BCUT2D eigenvalue weighted by Crippen LogP contribution is 2.27. The van der Waals surface area contributed by atoms with Gasteiger partial charge < -0.3 is 10.8 Å². The van der Waals surface area contributed by atoms with Crippen molar-refractivity contribution in [2.75, 3.05) is 6.61 Å². The van der Waals surface area contributed by atoms with Crippen LogP contribution in [0.2, 0.25) is 10.0 Å². The van der Waals surface area contributed by atoms with E-state index in [9.17, 15) is 0 Å². The Kier molecular flexibility index (Phi) is 3.78. The van der Waals surface area contributed by atoms with Crippen LogP contribution < -0.4 is 5.73 Å². The van der Waals surface area contributed by atoms with Crippen LogP contribution in [-0.2, 0) is 5.54 Å². The molecular weight excluding hydrogens is 221 g/mol. The van der Waals surface area contributed by atoms with Crippen molar-refractivity contribution in [3.8, 4) is 0 Å². The molecule has 1 aromatic rings. The summed E-state index contributed by atoms with van der Waals surface area (Å²) in [7, 11) is 0. The van der Waals surface area contributed by atoms with Gasteiger partial charge in [-0.15, -0.1) is 0 Å². The van der Waals surface area contributed by atoms with Crippen LogP contribution in [0, 0.1) is 0 Å². The van der Waals surface area contributed by atoms with E-state index in [1.807, 2.05) is 6.92 Å². The molecule has 0 aliphatic heterocycles. The molecule has 0 amide bonds. The summed E-state index contributed by atoms with van der Waals surface area (Å²) in [4.78, 5) is 0. The SMILES string of the molecule is C[C@@](N)(CCO)c1cc(Cl)cc(Cl)c1. The summed E-state index contributed by atoms with van der Waals surface area (Å²) in [6.45, 7) is 1.88. The maximum absolute atomic E-state index is 8.86. The summed E-state index contributed by atoms with van der Waals surface area (Å²) in [5.74, 6) is 0. The largest absolute Gasteiger partial charge is 0.396 e. The highest BCUT2D eigenvalue weighted by Gasteiger charge is 2.21. The Balaban J connectivity index is 3.05. The number of hydrogen-bond acceptors (Lipinski definition) is 2. The number of aliphatic hydroxyl groups is 1. The van der Waals surface area contributed by atoms with Gasteiger partial charge in [-0.2, -0.15) is 0 Å². The van der Waals surface area contributed by atoms with E-state index in [4.69, 9.17) is 34.0 Å². The molecular formula is C10H13Cl2NO. The van der Waals surface area contributed by atoms with E-state index in [0.29, 0.717) is 16.5 Å². The van der Waals surface area contributed by atoms with Gasteiger partial charge in [0.2, 0.25) is 0 Å². The van der Waals surface area contributed by atoms with Gasteiger partial charge in [-0.1, -0.05) is 23.2 Å². The van der Waals surface area contributed by atoms with Crippen LogP contribution >= 0.6 is 23.2 Å². The van der Waals surface area contributed by atoms with E-state index in [2.05, 4.69) is 0 Å². The second kappa shape index (κ2) is 4.49. The highest BCUT2D eigenvalue weighted by atomic mass is 35.5.